The van der Waals surface area contributed by atoms with Gasteiger partial charge in [-0.05, 0) is 66.9 Å². The summed E-state index contributed by atoms with van der Waals surface area (Å²) in [5.41, 5.74) is 1.61. The number of amides is 2. The predicted octanol–water partition coefficient (Wildman–Crippen LogP) is 4.76. The molecule has 0 spiro atoms. The van der Waals surface area contributed by atoms with Gasteiger partial charge in [0, 0.05) is 11.4 Å². The fourth-order valence-corrected chi connectivity index (χ4v) is 5.20. The van der Waals surface area contributed by atoms with Crippen LogP contribution in [0.1, 0.15) is 43.0 Å². The average molecular weight is 554 g/mol. The Balaban J connectivity index is 1.40. The quantitative estimate of drug-likeness (QED) is 0.294. The van der Waals surface area contributed by atoms with Gasteiger partial charge >= 0.3 is 0 Å². The van der Waals surface area contributed by atoms with Crippen molar-refractivity contribution in [2.75, 3.05) is 4.90 Å². The lowest BCUT2D eigenvalue weighted by atomic mass is 10.0. The van der Waals surface area contributed by atoms with E-state index in [2.05, 4.69) is 25.7 Å². The van der Waals surface area contributed by atoms with Gasteiger partial charge in [-0.1, -0.05) is 43.2 Å². The van der Waals surface area contributed by atoms with Gasteiger partial charge in [-0.15, -0.1) is 10.2 Å². The first-order chi connectivity index (χ1) is 19.9. The van der Waals surface area contributed by atoms with E-state index in [-0.39, 0.29) is 24.3 Å². The number of benzene rings is 2. The van der Waals surface area contributed by atoms with Gasteiger partial charge in [-0.2, -0.15) is 4.80 Å². The van der Waals surface area contributed by atoms with Gasteiger partial charge in [0.1, 0.15) is 24.2 Å². The number of carbonyl (C=O) groups is 2. The maximum atomic E-state index is 14.1. The second kappa shape index (κ2) is 11.3. The highest BCUT2D eigenvalue weighted by molar-refractivity contribution is 6.02. The van der Waals surface area contributed by atoms with Crippen molar-refractivity contribution in [3.63, 3.8) is 0 Å². The highest BCUT2D eigenvalue weighted by Crippen LogP contribution is 2.31. The Kier molecular flexibility index (Phi) is 7.24. The molecule has 41 heavy (non-hydrogen) atoms. The number of nitrogens with one attached hydrogen (secondary N) is 1. The fourth-order valence-electron chi connectivity index (χ4n) is 5.20. The second-order valence-electron chi connectivity index (χ2n) is 10.1. The molecule has 6 rings (SSSR count). The van der Waals surface area contributed by atoms with Gasteiger partial charge in [0.15, 0.2) is 5.76 Å². The molecule has 1 atom stereocenters. The van der Waals surface area contributed by atoms with Crippen LogP contribution in [0.3, 0.4) is 0 Å². The summed E-state index contributed by atoms with van der Waals surface area (Å²) in [4.78, 5) is 35.1. The SMILES string of the molecule is Cc1ccc(-c2nnn(CC(=O)N(c3cnc4ccccc4c3)C(C(=O)NC3CCCC3)c3ccc(F)cc3)n2)o1. The molecule has 0 saturated heterocycles. The van der Waals surface area contributed by atoms with Crippen LogP contribution in [0.5, 0.6) is 0 Å². The Bertz CT molecular complexity index is 1690. The van der Waals surface area contributed by atoms with Gasteiger partial charge in [0.2, 0.25) is 11.7 Å². The van der Waals surface area contributed by atoms with Crippen LogP contribution in [-0.4, -0.2) is 43.0 Å². The van der Waals surface area contributed by atoms with Gasteiger partial charge < -0.3 is 9.73 Å². The Morgan fingerprint density at radius 2 is 1.88 bits per heavy atom. The number of furan rings is 1. The summed E-state index contributed by atoms with van der Waals surface area (Å²) in [5, 5.41) is 16.3. The zero-order valence-corrected chi connectivity index (χ0v) is 22.4. The van der Waals surface area contributed by atoms with E-state index in [1.165, 1.54) is 29.2 Å². The van der Waals surface area contributed by atoms with Crippen LogP contribution >= 0.6 is 0 Å². The van der Waals surface area contributed by atoms with E-state index in [1.54, 1.807) is 25.3 Å². The largest absolute Gasteiger partial charge is 0.458 e. The molecule has 5 aromatic rings. The minimum atomic E-state index is -1.10. The first-order valence-electron chi connectivity index (χ1n) is 13.5. The molecule has 1 N–H and O–H groups in total. The highest BCUT2D eigenvalue weighted by atomic mass is 19.1. The molecule has 0 radical (unpaired) electrons. The van der Waals surface area contributed by atoms with Crippen LogP contribution < -0.4 is 10.2 Å². The van der Waals surface area contributed by atoms with E-state index in [9.17, 15) is 14.0 Å². The molecule has 2 amide bonds. The molecular formula is C30H28FN7O3. The number of anilines is 1. The third-order valence-corrected chi connectivity index (χ3v) is 7.21. The van der Waals surface area contributed by atoms with Crippen molar-refractivity contribution in [2.24, 2.45) is 0 Å². The molecule has 1 saturated carbocycles. The van der Waals surface area contributed by atoms with Crippen LogP contribution in [-0.2, 0) is 16.1 Å². The zero-order valence-electron chi connectivity index (χ0n) is 22.4. The molecule has 1 aliphatic carbocycles. The van der Waals surface area contributed by atoms with Crippen LogP contribution in [0.4, 0.5) is 10.1 Å². The summed E-state index contributed by atoms with van der Waals surface area (Å²) in [6.07, 6.45) is 5.35. The number of aryl methyl sites for hydroxylation is 1. The summed E-state index contributed by atoms with van der Waals surface area (Å²) >= 11 is 0. The minimum absolute atomic E-state index is 0.00780. The van der Waals surface area contributed by atoms with E-state index in [0.717, 1.165) is 41.4 Å². The van der Waals surface area contributed by atoms with Crippen molar-refractivity contribution in [1.82, 2.24) is 30.5 Å². The fraction of sp³-hybridized carbons (Fsp3) is 0.267. The number of aromatic nitrogens is 5. The molecule has 1 fully saturated rings. The summed E-state index contributed by atoms with van der Waals surface area (Å²) in [5.74, 6) is 0.0796. The summed E-state index contributed by atoms with van der Waals surface area (Å²) in [6.45, 7) is 1.49. The number of halogens is 1. The normalized spacial score (nSPS) is 14.3. The number of fused-ring (bicyclic) bond motifs is 1. The maximum absolute atomic E-state index is 14.1. The topological polar surface area (TPSA) is 119 Å². The standard InChI is InChI=1S/C30H28FN7O3/c1-19-10-15-26(41-19)29-34-36-37(35-29)18-27(39)38(24-16-21-6-2-5-9-25(21)32-17-24)28(20-11-13-22(31)14-12-20)30(40)33-23-7-3-4-8-23/h2,5-6,9-17,23,28H,3-4,7-8,18H2,1H3,(H,33,40). The summed E-state index contributed by atoms with van der Waals surface area (Å²) in [7, 11) is 0. The first kappa shape index (κ1) is 26.3. The number of carbonyl (C=O) groups excluding carboxylic acids is 2. The van der Waals surface area contributed by atoms with Crippen molar-refractivity contribution in [1.29, 1.82) is 0 Å². The zero-order chi connectivity index (χ0) is 28.3. The molecule has 10 nitrogen and oxygen atoms in total. The summed E-state index contributed by atoms with van der Waals surface area (Å²) < 4.78 is 19.5. The Hall–Kier alpha value is -4.93. The first-order valence-corrected chi connectivity index (χ1v) is 13.5. The molecule has 3 aromatic heterocycles. The number of rotatable bonds is 8. The van der Waals surface area contributed by atoms with Gasteiger partial charge in [0.05, 0.1) is 17.4 Å². The van der Waals surface area contributed by atoms with Gasteiger partial charge in [-0.3, -0.25) is 19.5 Å². The molecule has 208 valence electrons. The third kappa shape index (κ3) is 5.69. The lowest BCUT2D eigenvalue weighted by Crippen LogP contribution is -2.47. The smallest absolute Gasteiger partial charge is 0.251 e. The van der Waals surface area contributed by atoms with Crippen LogP contribution in [0.15, 0.2) is 77.3 Å². The van der Waals surface area contributed by atoms with Crippen LogP contribution in [0.25, 0.3) is 22.5 Å². The number of para-hydroxylation sites is 1. The molecule has 0 aliphatic heterocycles. The molecule has 0 bridgehead atoms. The third-order valence-electron chi connectivity index (χ3n) is 7.21. The van der Waals surface area contributed by atoms with Crippen molar-refractivity contribution in [2.45, 2.75) is 51.2 Å². The van der Waals surface area contributed by atoms with E-state index in [4.69, 9.17) is 4.42 Å². The average Bonchev–Trinajstić information content (AvgIpc) is 3.75. The highest BCUT2D eigenvalue weighted by Gasteiger charge is 2.35. The molecule has 3 heterocycles. The van der Waals surface area contributed by atoms with Gasteiger partial charge in [0.25, 0.3) is 5.91 Å². The number of hydrogen-bond donors (Lipinski definition) is 1. The van der Waals surface area contributed by atoms with E-state index >= 15 is 0 Å². The number of pyridine rings is 1. The van der Waals surface area contributed by atoms with Crippen LogP contribution in [0.2, 0.25) is 0 Å². The molecule has 11 heteroatoms. The van der Waals surface area contributed by atoms with Crippen LogP contribution in [0, 0.1) is 12.7 Å². The Labute approximate surface area is 235 Å². The molecule has 2 aromatic carbocycles. The van der Waals surface area contributed by atoms with Crippen molar-refractivity contribution in [3.05, 3.63) is 90.1 Å². The molecule has 1 aliphatic rings. The molecular weight excluding hydrogens is 525 g/mol. The Morgan fingerprint density at radius 3 is 2.63 bits per heavy atom. The lowest BCUT2D eigenvalue weighted by molar-refractivity contribution is -0.127. The van der Waals surface area contributed by atoms with E-state index in [0.29, 0.717) is 22.8 Å². The predicted molar refractivity (Wildman–Crippen MR) is 149 cm³/mol. The number of hydrogen-bond acceptors (Lipinski definition) is 7. The van der Waals surface area contributed by atoms with Gasteiger partial charge in [-0.25, -0.2) is 4.39 Å². The molecule has 1 unspecified atom stereocenters. The lowest BCUT2D eigenvalue weighted by Gasteiger charge is -2.32. The Morgan fingerprint density at radius 1 is 1.10 bits per heavy atom. The number of tetrazole rings is 1. The minimum Gasteiger partial charge on any atom is -0.458 e. The second-order valence-corrected chi connectivity index (χ2v) is 10.1. The maximum Gasteiger partial charge on any atom is 0.251 e. The van der Waals surface area contributed by atoms with E-state index in [1.807, 2.05) is 30.3 Å². The van der Waals surface area contributed by atoms with Crippen molar-refractivity contribution < 1.29 is 18.4 Å². The monoisotopic (exact) mass is 553 g/mol. The summed E-state index contributed by atoms with van der Waals surface area (Å²) in [6, 6.07) is 17.3. The van der Waals surface area contributed by atoms with Crippen molar-refractivity contribution >= 4 is 28.4 Å². The number of nitrogens with zero attached hydrogens (tertiary/aromatic N) is 6. The van der Waals surface area contributed by atoms with Crippen molar-refractivity contribution in [3.8, 4) is 11.6 Å². The van der Waals surface area contributed by atoms with E-state index < -0.39 is 17.8 Å².